The highest BCUT2D eigenvalue weighted by molar-refractivity contribution is 5.34. The first-order valence-corrected chi connectivity index (χ1v) is 6.97. The summed E-state index contributed by atoms with van der Waals surface area (Å²) in [4.78, 5) is 2.29. The molecule has 1 heterocycles. The Morgan fingerprint density at radius 3 is 2.85 bits per heavy atom. The highest BCUT2D eigenvalue weighted by atomic mass is 16.5. The fourth-order valence-corrected chi connectivity index (χ4v) is 2.06. The summed E-state index contributed by atoms with van der Waals surface area (Å²) >= 11 is 0. The summed E-state index contributed by atoms with van der Waals surface area (Å²) in [6.07, 6.45) is 2.70. The number of benzene rings is 1. The average Bonchev–Trinajstić information content (AvgIpc) is 2.50. The first kappa shape index (κ1) is 14.6. The Morgan fingerprint density at radius 1 is 1.25 bits per heavy atom. The van der Waals surface area contributed by atoms with E-state index in [4.69, 9.17) is 9.47 Å². The smallest absolute Gasteiger partial charge is 0.149 e. The maximum absolute atomic E-state index is 5.71. The van der Waals surface area contributed by atoms with E-state index in [1.54, 1.807) is 0 Å². The number of para-hydroxylation sites is 1. The Hall–Kier alpha value is -1.76. The third-order valence-corrected chi connectivity index (χ3v) is 3.17. The van der Waals surface area contributed by atoms with Gasteiger partial charge < -0.3 is 9.47 Å². The van der Waals surface area contributed by atoms with Crippen LogP contribution in [0.4, 0.5) is 0 Å². The van der Waals surface area contributed by atoms with Crippen molar-refractivity contribution in [1.29, 1.82) is 0 Å². The predicted molar refractivity (Wildman–Crippen MR) is 80.9 cm³/mol. The van der Waals surface area contributed by atoms with Crippen LogP contribution in [0.3, 0.4) is 0 Å². The van der Waals surface area contributed by atoms with E-state index in [0.717, 1.165) is 50.6 Å². The molecule has 0 bridgehead atoms. The van der Waals surface area contributed by atoms with Gasteiger partial charge in [0.2, 0.25) is 0 Å². The first-order chi connectivity index (χ1) is 9.90. The van der Waals surface area contributed by atoms with Crippen molar-refractivity contribution in [3.8, 4) is 17.6 Å². The predicted octanol–water partition coefficient (Wildman–Crippen LogP) is 2.13. The van der Waals surface area contributed by atoms with Gasteiger partial charge in [-0.05, 0) is 18.1 Å². The van der Waals surface area contributed by atoms with Crippen molar-refractivity contribution in [1.82, 2.24) is 4.90 Å². The summed E-state index contributed by atoms with van der Waals surface area (Å²) in [5.74, 6) is 7.12. The molecule has 106 valence electrons. The molecule has 2 rings (SSSR count). The highest BCUT2D eigenvalue weighted by Crippen LogP contribution is 2.18. The SMILES string of the molecule is C=CCc1ccccc1OCC#CCN1CCOCC1. The minimum Gasteiger partial charge on any atom is -0.481 e. The van der Waals surface area contributed by atoms with Crippen molar-refractivity contribution in [3.63, 3.8) is 0 Å². The fraction of sp³-hybridized carbons (Fsp3) is 0.412. The largest absolute Gasteiger partial charge is 0.481 e. The van der Waals surface area contributed by atoms with Crippen molar-refractivity contribution in [2.45, 2.75) is 6.42 Å². The summed E-state index contributed by atoms with van der Waals surface area (Å²) in [5, 5.41) is 0. The maximum Gasteiger partial charge on any atom is 0.149 e. The van der Waals surface area contributed by atoms with E-state index in [9.17, 15) is 0 Å². The van der Waals surface area contributed by atoms with Crippen LogP contribution < -0.4 is 4.74 Å². The van der Waals surface area contributed by atoms with Gasteiger partial charge in [0.25, 0.3) is 0 Å². The molecule has 1 saturated heterocycles. The second-order valence-electron chi connectivity index (χ2n) is 4.63. The zero-order valence-corrected chi connectivity index (χ0v) is 11.8. The summed E-state index contributed by atoms with van der Waals surface area (Å²) in [6.45, 7) is 8.55. The Morgan fingerprint density at radius 2 is 2.05 bits per heavy atom. The van der Waals surface area contributed by atoms with Gasteiger partial charge in [0.1, 0.15) is 12.4 Å². The molecule has 3 nitrogen and oxygen atoms in total. The van der Waals surface area contributed by atoms with Gasteiger partial charge >= 0.3 is 0 Å². The van der Waals surface area contributed by atoms with Crippen LogP contribution in [0, 0.1) is 11.8 Å². The Balaban J connectivity index is 1.76. The minimum atomic E-state index is 0.429. The lowest BCUT2D eigenvalue weighted by Gasteiger charge is -2.24. The molecule has 0 N–H and O–H groups in total. The molecule has 1 aliphatic heterocycles. The Kier molecular flexibility index (Phi) is 6.16. The topological polar surface area (TPSA) is 21.7 Å². The van der Waals surface area contributed by atoms with Gasteiger partial charge in [-0.3, -0.25) is 4.90 Å². The zero-order valence-electron chi connectivity index (χ0n) is 11.8. The lowest BCUT2D eigenvalue weighted by Crippen LogP contribution is -2.36. The van der Waals surface area contributed by atoms with E-state index >= 15 is 0 Å². The van der Waals surface area contributed by atoms with E-state index in [-0.39, 0.29) is 0 Å². The number of allylic oxidation sites excluding steroid dienone is 1. The molecule has 20 heavy (non-hydrogen) atoms. The number of hydrogen-bond acceptors (Lipinski definition) is 3. The highest BCUT2D eigenvalue weighted by Gasteiger charge is 2.07. The van der Waals surface area contributed by atoms with Gasteiger partial charge in [-0.2, -0.15) is 0 Å². The number of nitrogens with zero attached hydrogens (tertiary/aromatic N) is 1. The standard InChI is InChI=1S/C17H21NO2/c1-2-7-16-8-3-4-9-17(16)20-13-6-5-10-18-11-14-19-15-12-18/h2-4,8-9H,1,7,10-15H2. The number of morpholine rings is 1. The molecule has 0 spiro atoms. The van der Waals surface area contributed by atoms with Crippen LogP contribution in [-0.2, 0) is 11.2 Å². The minimum absolute atomic E-state index is 0.429. The van der Waals surface area contributed by atoms with Crippen molar-refractivity contribution in [2.75, 3.05) is 39.5 Å². The van der Waals surface area contributed by atoms with Crippen LogP contribution >= 0.6 is 0 Å². The van der Waals surface area contributed by atoms with E-state index in [1.165, 1.54) is 0 Å². The van der Waals surface area contributed by atoms with Crippen molar-refractivity contribution < 1.29 is 9.47 Å². The van der Waals surface area contributed by atoms with Gasteiger partial charge in [-0.1, -0.05) is 36.1 Å². The van der Waals surface area contributed by atoms with Crippen LogP contribution in [-0.4, -0.2) is 44.4 Å². The van der Waals surface area contributed by atoms with Gasteiger partial charge in [-0.25, -0.2) is 0 Å². The van der Waals surface area contributed by atoms with Crippen LogP contribution in [0.15, 0.2) is 36.9 Å². The molecule has 1 aliphatic rings. The molecule has 1 fully saturated rings. The molecule has 1 aromatic carbocycles. The average molecular weight is 271 g/mol. The molecule has 0 aliphatic carbocycles. The Bertz CT molecular complexity index is 481. The molecule has 3 heteroatoms. The van der Waals surface area contributed by atoms with Crippen LogP contribution in [0.2, 0.25) is 0 Å². The third-order valence-electron chi connectivity index (χ3n) is 3.17. The summed E-state index contributed by atoms with van der Waals surface area (Å²) < 4.78 is 11.0. The molecule has 0 amide bonds. The molecule has 1 aromatic rings. The molecule has 0 saturated carbocycles. The van der Waals surface area contributed by atoms with Crippen molar-refractivity contribution in [3.05, 3.63) is 42.5 Å². The summed E-state index contributed by atoms with van der Waals surface area (Å²) in [6, 6.07) is 8.01. The number of ether oxygens (including phenoxy) is 2. The van der Waals surface area contributed by atoms with Gasteiger partial charge in [0.05, 0.1) is 19.8 Å². The van der Waals surface area contributed by atoms with E-state index in [2.05, 4.69) is 29.4 Å². The zero-order chi connectivity index (χ0) is 14.0. The maximum atomic E-state index is 5.71. The normalized spacial score (nSPS) is 15.2. The molecule has 0 atom stereocenters. The molecule has 0 aromatic heterocycles. The fourth-order valence-electron chi connectivity index (χ4n) is 2.06. The second kappa shape index (κ2) is 8.42. The van der Waals surface area contributed by atoms with E-state index < -0.39 is 0 Å². The van der Waals surface area contributed by atoms with Gasteiger partial charge in [0, 0.05) is 13.1 Å². The quantitative estimate of drug-likeness (QED) is 0.605. The molecule has 0 radical (unpaired) electrons. The molecule has 0 unspecified atom stereocenters. The van der Waals surface area contributed by atoms with E-state index in [0.29, 0.717) is 6.61 Å². The number of rotatable bonds is 5. The first-order valence-electron chi connectivity index (χ1n) is 6.97. The summed E-state index contributed by atoms with van der Waals surface area (Å²) in [7, 11) is 0. The van der Waals surface area contributed by atoms with Crippen molar-refractivity contribution >= 4 is 0 Å². The van der Waals surface area contributed by atoms with E-state index in [1.807, 2.05) is 24.3 Å². The molecular formula is C17H21NO2. The second-order valence-corrected chi connectivity index (χ2v) is 4.63. The Labute approximate surface area is 121 Å². The number of hydrogen-bond donors (Lipinski definition) is 0. The van der Waals surface area contributed by atoms with Crippen molar-refractivity contribution in [2.24, 2.45) is 0 Å². The van der Waals surface area contributed by atoms with Crippen LogP contribution in [0.5, 0.6) is 5.75 Å². The lowest BCUT2D eigenvalue weighted by molar-refractivity contribution is 0.0443. The monoisotopic (exact) mass is 271 g/mol. The van der Waals surface area contributed by atoms with Crippen LogP contribution in [0.25, 0.3) is 0 Å². The van der Waals surface area contributed by atoms with Gasteiger partial charge in [-0.15, -0.1) is 6.58 Å². The van der Waals surface area contributed by atoms with Crippen LogP contribution in [0.1, 0.15) is 5.56 Å². The third kappa shape index (κ3) is 4.73. The summed E-state index contributed by atoms with van der Waals surface area (Å²) in [5.41, 5.74) is 1.15. The molecular weight excluding hydrogens is 250 g/mol. The lowest BCUT2D eigenvalue weighted by atomic mass is 10.1. The van der Waals surface area contributed by atoms with Gasteiger partial charge in [0.15, 0.2) is 0 Å².